The molecule has 3 nitrogen and oxygen atoms in total. The number of imide groups is 1. The lowest BCUT2D eigenvalue weighted by Gasteiger charge is -2.45. The van der Waals surface area contributed by atoms with Crippen molar-refractivity contribution in [2.45, 2.75) is 18.8 Å². The normalized spacial score (nSPS) is 26.8. The lowest BCUT2D eigenvalue weighted by atomic mass is 9.55. The molecule has 1 aliphatic heterocycles. The van der Waals surface area contributed by atoms with E-state index in [0.29, 0.717) is 5.69 Å². The van der Waals surface area contributed by atoms with Gasteiger partial charge in [0, 0.05) is 11.8 Å². The average Bonchev–Trinajstić information content (AvgIpc) is 2.99. The summed E-state index contributed by atoms with van der Waals surface area (Å²) in [5.74, 6) is -0.841. The van der Waals surface area contributed by atoms with E-state index in [1.165, 1.54) is 27.2 Å². The van der Waals surface area contributed by atoms with E-state index in [0.717, 1.165) is 5.56 Å². The topological polar surface area (TPSA) is 37.4 Å². The summed E-state index contributed by atoms with van der Waals surface area (Å²) in [5, 5.41) is 0. The minimum absolute atomic E-state index is 0.0475. The molecule has 2 amide bonds. The molecule has 0 N–H and O–H groups in total. The molecule has 2 atom stereocenters. The van der Waals surface area contributed by atoms with E-state index in [4.69, 9.17) is 0 Å². The Morgan fingerprint density at radius 2 is 1.11 bits per heavy atom. The molecule has 4 aliphatic rings. The maximum atomic E-state index is 13.6. The number of hydrogen-bond donors (Lipinski definition) is 0. The fourth-order valence-electron chi connectivity index (χ4n) is 5.70. The maximum absolute atomic E-state index is 13.6. The van der Waals surface area contributed by atoms with Crippen LogP contribution in [0.5, 0.6) is 0 Å². The number of benzene rings is 3. The van der Waals surface area contributed by atoms with Gasteiger partial charge in [0.25, 0.3) is 0 Å². The lowest BCUT2D eigenvalue weighted by molar-refractivity contribution is -0.122. The molecule has 0 spiro atoms. The second-order valence-electron chi connectivity index (χ2n) is 8.12. The quantitative estimate of drug-likeness (QED) is 0.600. The number of aryl methyl sites for hydroxylation is 1. The van der Waals surface area contributed by atoms with Gasteiger partial charge in [-0.3, -0.25) is 9.59 Å². The Morgan fingerprint density at radius 3 is 1.54 bits per heavy atom. The standard InChI is InChI=1S/C25H19NO2/c1-14-7-6-8-15(13-14)26-24(27)22-20-16-9-2-3-10-17(16)21(23(22)25(26)28)19-12-5-4-11-18(19)20/h2-13,20-23H,1H3/t20?,21?,22-,23-/m0/s1. The van der Waals surface area contributed by atoms with Gasteiger partial charge < -0.3 is 0 Å². The summed E-state index contributed by atoms with van der Waals surface area (Å²) in [6.45, 7) is 1.98. The van der Waals surface area contributed by atoms with E-state index in [9.17, 15) is 9.59 Å². The number of carbonyl (C=O) groups excluding carboxylic acids is 2. The third kappa shape index (κ3) is 1.84. The van der Waals surface area contributed by atoms with Gasteiger partial charge in [-0.05, 0) is 46.9 Å². The highest BCUT2D eigenvalue weighted by Crippen LogP contribution is 2.61. The summed E-state index contributed by atoms with van der Waals surface area (Å²) in [5.41, 5.74) is 6.57. The van der Waals surface area contributed by atoms with Crippen molar-refractivity contribution in [3.8, 4) is 0 Å². The van der Waals surface area contributed by atoms with Gasteiger partial charge in [-0.25, -0.2) is 4.90 Å². The minimum Gasteiger partial charge on any atom is -0.274 e. The summed E-state index contributed by atoms with van der Waals surface area (Å²) in [7, 11) is 0. The van der Waals surface area contributed by atoms with Crippen LogP contribution in [-0.4, -0.2) is 11.8 Å². The van der Waals surface area contributed by atoms with E-state index in [2.05, 4.69) is 24.3 Å². The van der Waals surface area contributed by atoms with Crippen molar-refractivity contribution in [3.05, 3.63) is 101 Å². The van der Waals surface area contributed by atoms with Crippen LogP contribution in [0.4, 0.5) is 5.69 Å². The van der Waals surface area contributed by atoms with Gasteiger partial charge in [0.2, 0.25) is 11.8 Å². The second kappa shape index (κ2) is 5.41. The van der Waals surface area contributed by atoms with Crippen LogP contribution < -0.4 is 4.90 Å². The highest BCUT2D eigenvalue weighted by molar-refractivity contribution is 6.23. The predicted octanol–water partition coefficient (Wildman–Crippen LogP) is 4.39. The van der Waals surface area contributed by atoms with Crippen molar-refractivity contribution in [2.24, 2.45) is 11.8 Å². The molecule has 0 saturated carbocycles. The van der Waals surface area contributed by atoms with E-state index >= 15 is 0 Å². The molecule has 0 unspecified atom stereocenters. The molecular formula is C25H19NO2. The summed E-state index contributed by atoms with van der Waals surface area (Å²) in [6.07, 6.45) is 0. The molecule has 3 aromatic rings. The van der Waals surface area contributed by atoms with Crippen molar-refractivity contribution < 1.29 is 9.59 Å². The zero-order chi connectivity index (χ0) is 19.0. The number of anilines is 1. The van der Waals surface area contributed by atoms with Crippen LogP contribution in [0.2, 0.25) is 0 Å². The fourth-order valence-corrected chi connectivity index (χ4v) is 5.70. The molecule has 1 saturated heterocycles. The van der Waals surface area contributed by atoms with Crippen LogP contribution in [0.15, 0.2) is 72.8 Å². The smallest absolute Gasteiger partial charge is 0.238 e. The van der Waals surface area contributed by atoms with Gasteiger partial charge in [0.05, 0.1) is 17.5 Å². The number of rotatable bonds is 1. The molecule has 3 heteroatoms. The van der Waals surface area contributed by atoms with Crippen LogP contribution in [0.1, 0.15) is 39.7 Å². The van der Waals surface area contributed by atoms with Gasteiger partial charge in [-0.1, -0.05) is 60.7 Å². The van der Waals surface area contributed by atoms with Crippen molar-refractivity contribution in [1.29, 1.82) is 0 Å². The van der Waals surface area contributed by atoms with E-state index < -0.39 is 0 Å². The molecule has 1 fully saturated rings. The average molecular weight is 365 g/mol. The first-order valence-corrected chi connectivity index (χ1v) is 9.79. The van der Waals surface area contributed by atoms with Crippen LogP contribution in [0, 0.1) is 18.8 Å². The second-order valence-corrected chi connectivity index (χ2v) is 8.12. The molecule has 136 valence electrons. The van der Waals surface area contributed by atoms with Gasteiger partial charge in [-0.15, -0.1) is 0 Å². The lowest BCUT2D eigenvalue weighted by Crippen LogP contribution is -2.41. The van der Waals surface area contributed by atoms with Crippen LogP contribution in [0.3, 0.4) is 0 Å². The Bertz CT molecular complexity index is 1050. The monoisotopic (exact) mass is 365 g/mol. The number of amides is 2. The van der Waals surface area contributed by atoms with Gasteiger partial charge in [0.1, 0.15) is 0 Å². The highest BCUT2D eigenvalue weighted by atomic mass is 16.2. The molecule has 3 aromatic carbocycles. The Balaban J connectivity index is 1.58. The molecule has 2 bridgehead atoms. The van der Waals surface area contributed by atoms with Crippen molar-refractivity contribution >= 4 is 17.5 Å². The molecule has 28 heavy (non-hydrogen) atoms. The molecule has 0 aromatic heterocycles. The molecule has 3 aliphatic carbocycles. The summed E-state index contributed by atoms with van der Waals surface area (Å²) >= 11 is 0. The molecule has 0 radical (unpaired) electrons. The number of nitrogens with zero attached hydrogens (tertiary/aromatic N) is 1. The first-order valence-electron chi connectivity index (χ1n) is 9.79. The van der Waals surface area contributed by atoms with Crippen LogP contribution in [0.25, 0.3) is 0 Å². The zero-order valence-electron chi connectivity index (χ0n) is 15.5. The molecule has 1 heterocycles. The van der Waals surface area contributed by atoms with E-state index in [1.54, 1.807) is 0 Å². The van der Waals surface area contributed by atoms with Crippen molar-refractivity contribution in [2.75, 3.05) is 4.90 Å². The zero-order valence-corrected chi connectivity index (χ0v) is 15.5. The van der Waals surface area contributed by atoms with Crippen LogP contribution >= 0.6 is 0 Å². The first kappa shape index (κ1) is 15.8. The number of carbonyl (C=O) groups is 2. The van der Waals surface area contributed by atoms with E-state index in [-0.39, 0.29) is 35.5 Å². The largest absolute Gasteiger partial charge is 0.274 e. The summed E-state index contributed by atoms with van der Waals surface area (Å²) < 4.78 is 0. The third-order valence-electron chi connectivity index (χ3n) is 6.71. The van der Waals surface area contributed by atoms with Crippen LogP contribution in [-0.2, 0) is 9.59 Å². The summed E-state index contributed by atoms with van der Waals surface area (Å²) in [6, 6.07) is 24.4. The molecule has 7 rings (SSSR count). The van der Waals surface area contributed by atoms with E-state index in [1.807, 2.05) is 55.5 Å². The third-order valence-corrected chi connectivity index (χ3v) is 6.71. The molecular weight excluding hydrogens is 346 g/mol. The first-order chi connectivity index (χ1) is 13.7. The summed E-state index contributed by atoms with van der Waals surface area (Å²) in [4.78, 5) is 28.6. The Hall–Kier alpha value is -3.20. The van der Waals surface area contributed by atoms with Gasteiger partial charge in [-0.2, -0.15) is 0 Å². The maximum Gasteiger partial charge on any atom is 0.238 e. The fraction of sp³-hybridized carbons (Fsp3) is 0.200. The van der Waals surface area contributed by atoms with Gasteiger partial charge in [0.15, 0.2) is 0 Å². The SMILES string of the molecule is Cc1cccc(N2C(=O)[C@H]3C4c5ccccc5C(c5ccccc54)[C@@H]3C2=O)c1. The number of hydrogen-bond acceptors (Lipinski definition) is 2. The Kier molecular flexibility index (Phi) is 3.06. The minimum atomic E-state index is -0.317. The highest BCUT2D eigenvalue weighted by Gasteiger charge is 2.61. The predicted molar refractivity (Wildman–Crippen MR) is 107 cm³/mol. The van der Waals surface area contributed by atoms with Crippen molar-refractivity contribution in [3.63, 3.8) is 0 Å². The van der Waals surface area contributed by atoms with Crippen molar-refractivity contribution in [1.82, 2.24) is 0 Å². The van der Waals surface area contributed by atoms with Gasteiger partial charge >= 0.3 is 0 Å². The Morgan fingerprint density at radius 1 is 0.643 bits per heavy atom. The Labute approximate surface area is 163 Å².